The Balaban J connectivity index is 1.19. The summed E-state index contributed by atoms with van der Waals surface area (Å²) in [5.74, 6) is 1.40. The molecule has 1 aliphatic carbocycles. The van der Waals surface area contributed by atoms with E-state index >= 15 is 0 Å². The lowest BCUT2D eigenvalue weighted by Crippen LogP contribution is -2.48. The summed E-state index contributed by atoms with van der Waals surface area (Å²) < 4.78 is 7.05. The molecule has 4 heterocycles. The van der Waals surface area contributed by atoms with Crippen LogP contribution in [0.25, 0.3) is 21.7 Å². The van der Waals surface area contributed by atoms with Gasteiger partial charge in [0, 0.05) is 61.7 Å². The maximum Gasteiger partial charge on any atom is 0.260 e. The van der Waals surface area contributed by atoms with Crippen LogP contribution in [0.3, 0.4) is 0 Å². The van der Waals surface area contributed by atoms with E-state index in [-0.39, 0.29) is 5.56 Å². The topological polar surface area (TPSA) is 75.2 Å². The first kappa shape index (κ1) is 22.3. The number of anilines is 1. The highest BCUT2D eigenvalue weighted by Crippen LogP contribution is 2.30. The second-order valence-electron chi connectivity index (χ2n) is 10.2. The molecule has 1 saturated heterocycles. The van der Waals surface area contributed by atoms with Crippen molar-refractivity contribution in [3.8, 4) is 0 Å². The van der Waals surface area contributed by atoms with Crippen molar-refractivity contribution in [3.63, 3.8) is 0 Å². The minimum absolute atomic E-state index is 0.00159. The van der Waals surface area contributed by atoms with Crippen LogP contribution in [0.2, 0.25) is 0 Å². The lowest BCUT2D eigenvalue weighted by molar-refractivity contribution is 0.137. The molecule has 0 bridgehead atoms. The Morgan fingerprint density at radius 2 is 2.00 bits per heavy atom. The molecule has 0 amide bonds. The highest BCUT2D eigenvalue weighted by molar-refractivity contribution is 5.93. The standard InChI is InChI=1S/C28H33N5O2/c1-35-18-21-16-33(17-21)27-14-30-13-25-24(27)7-8-32(28(25)34)15-20-5-6-22-10-23(31-26(22)9-20)12-29-11-19-3-2-4-19/h5-10,13-14,19,21,29,31H,2-4,11-12,15-18H2,1H3. The van der Waals surface area contributed by atoms with Crippen LogP contribution in [0.1, 0.15) is 30.5 Å². The van der Waals surface area contributed by atoms with Gasteiger partial charge in [-0.15, -0.1) is 0 Å². The molecule has 1 saturated carbocycles. The van der Waals surface area contributed by atoms with E-state index in [0.717, 1.165) is 60.9 Å². The van der Waals surface area contributed by atoms with Crippen LogP contribution in [-0.4, -0.2) is 47.9 Å². The van der Waals surface area contributed by atoms with Crippen molar-refractivity contribution < 1.29 is 4.74 Å². The Bertz CT molecular complexity index is 1400. The number of benzene rings is 1. The second kappa shape index (κ2) is 9.47. The summed E-state index contributed by atoms with van der Waals surface area (Å²) in [6.45, 7) is 5.14. The molecule has 2 fully saturated rings. The molecular formula is C28H33N5O2. The van der Waals surface area contributed by atoms with Crippen LogP contribution in [0.15, 0.2) is 53.7 Å². The van der Waals surface area contributed by atoms with Crippen molar-refractivity contribution in [3.05, 3.63) is 70.5 Å². The van der Waals surface area contributed by atoms with Gasteiger partial charge in [-0.25, -0.2) is 0 Å². The molecule has 0 atom stereocenters. The van der Waals surface area contributed by atoms with E-state index in [1.807, 2.05) is 12.4 Å². The largest absolute Gasteiger partial charge is 0.384 e. The number of hydrogen-bond donors (Lipinski definition) is 2. The van der Waals surface area contributed by atoms with Crippen LogP contribution < -0.4 is 15.8 Å². The fraction of sp³-hybridized carbons (Fsp3) is 0.429. The Hall–Kier alpha value is -3.16. The van der Waals surface area contributed by atoms with Gasteiger partial charge in [-0.2, -0.15) is 0 Å². The fourth-order valence-corrected chi connectivity index (χ4v) is 5.41. The third-order valence-electron chi connectivity index (χ3n) is 7.65. The highest BCUT2D eigenvalue weighted by Gasteiger charge is 2.28. The van der Waals surface area contributed by atoms with Crippen LogP contribution in [0.5, 0.6) is 0 Å². The maximum atomic E-state index is 13.3. The molecule has 0 radical (unpaired) electrons. The van der Waals surface area contributed by atoms with Crippen molar-refractivity contribution >= 4 is 27.4 Å². The quantitative estimate of drug-likeness (QED) is 0.387. The molecule has 0 spiro atoms. The van der Waals surface area contributed by atoms with Crippen LogP contribution in [-0.2, 0) is 17.8 Å². The average molecular weight is 472 g/mol. The number of fused-ring (bicyclic) bond motifs is 2. The van der Waals surface area contributed by atoms with Crippen molar-refractivity contribution in [1.82, 2.24) is 19.9 Å². The summed E-state index contributed by atoms with van der Waals surface area (Å²) in [6.07, 6.45) is 9.58. The van der Waals surface area contributed by atoms with Gasteiger partial charge in [-0.3, -0.25) is 9.78 Å². The normalized spacial score (nSPS) is 16.7. The van der Waals surface area contributed by atoms with E-state index in [1.165, 1.54) is 30.3 Å². The minimum Gasteiger partial charge on any atom is -0.384 e. The Morgan fingerprint density at radius 1 is 1.11 bits per heavy atom. The molecule has 7 heteroatoms. The van der Waals surface area contributed by atoms with E-state index in [4.69, 9.17) is 4.74 Å². The van der Waals surface area contributed by atoms with Gasteiger partial charge in [0.2, 0.25) is 0 Å². The van der Waals surface area contributed by atoms with Crippen molar-refractivity contribution in [1.29, 1.82) is 0 Å². The zero-order chi connectivity index (χ0) is 23.8. The zero-order valence-corrected chi connectivity index (χ0v) is 20.3. The fourth-order valence-electron chi connectivity index (χ4n) is 5.41. The van der Waals surface area contributed by atoms with E-state index in [9.17, 15) is 4.79 Å². The van der Waals surface area contributed by atoms with Gasteiger partial charge < -0.3 is 24.5 Å². The van der Waals surface area contributed by atoms with Gasteiger partial charge in [-0.05, 0) is 54.5 Å². The number of aromatic nitrogens is 3. The molecule has 182 valence electrons. The van der Waals surface area contributed by atoms with Gasteiger partial charge in [0.15, 0.2) is 0 Å². The zero-order valence-electron chi connectivity index (χ0n) is 20.3. The Morgan fingerprint density at radius 3 is 2.80 bits per heavy atom. The number of aromatic amines is 1. The predicted octanol–water partition coefficient (Wildman–Crippen LogP) is 3.90. The smallest absolute Gasteiger partial charge is 0.260 e. The minimum atomic E-state index is -0.00159. The summed E-state index contributed by atoms with van der Waals surface area (Å²) in [7, 11) is 1.74. The average Bonchev–Trinajstić information content (AvgIpc) is 3.21. The number of methoxy groups -OCH3 is 1. The number of ether oxygens (including phenoxy) is 1. The molecule has 1 aromatic carbocycles. The first-order chi connectivity index (χ1) is 17.2. The van der Waals surface area contributed by atoms with Crippen LogP contribution in [0.4, 0.5) is 5.69 Å². The van der Waals surface area contributed by atoms with Gasteiger partial charge in [0.25, 0.3) is 5.56 Å². The Labute approximate surface area is 205 Å². The van der Waals surface area contributed by atoms with Crippen molar-refractivity contribution in [2.24, 2.45) is 11.8 Å². The molecule has 1 aliphatic heterocycles. The number of hydrogen-bond acceptors (Lipinski definition) is 5. The van der Waals surface area contributed by atoms with Crippen molar-refractivity contribution in [2.75, 3.05) is 38.3 Å². The third-order valence-corrected chi connectivity index (χ3v) is 7.65. The van der Waals surface area contributed by atoms with E-state index in [1.54, 1.807) is 17.9 Å². The molecule has 3 aromatic heterocycles. The summed E-state index contributed by atoms with van der Waals surface area (Å²) in [5.41, 5.74) is 4.45. The molecular weight excluding hydrogens is 438 g/mol. The molecule has 0 unspecified atom stereocenters. The van der Waals surface area contributed by atoms with Gasteiger partial charge in [0.05, 0.1) is 30.4 Å². The van der Waals surface area contributed by atoms with Gasteiger partial charge in [0.1, 0.15) is 0 Å². The molecule has 2 aliphatic rings. The maximum absolute atomic E-state index is 13.3. The van der Waals surface area contributed by atoms with E-state index in [0.29, 0.717) is 17.8 Å². The third kappa shape index (κ3) is 4.46. The number of nitrogens with one attached hydrogen (secondary N) is 2. The van der Waals surface area contributed by atoms with Crippen molar-refractivity contribution in [2.45, 2.75) is 32.4 Å². The molecule has 2 N–H and O–H groups in total. The monoisotopic (exact) mass is 471 g/mol. The number of nitrogens with zero attached hydrogens (tertiary/aromatic N) is 3. The molecule has 4 aromatic rings. The SMILES string of the molecule is COCC1CN(c2cncc3c(=O)n(Cc4ccc5cc(CNCC6CCC6)[nH]c5c4)ccc23)C1. The first-order valence-electron chi connectivity index (χ1n) is 12.7. The van der Waals surface area contributed by atoms with Crippen LogP contribution >= 0.6 is 0 Å². The number of H-pyrrole nitrogens is 1. The lowest BCUT2D eigenvalue weighted by Gasteiger charge is -2.41. The summed E-state index contributed by atoms with van der Waals surface area (Å²) in [6, 6.07) is 10.7. The van der Waals surface area contributed by atoms with E-state index in [2.05, 4.69) is 50.5 Å². The Kier molecular flexibility index (Phi) is 6.04. The summed E-state index contributed by atoms with van der Waals surface area (Å²) >= 11 is 0. The number of rotatable bonds is 9. The number of pyridine rings is 2. The first-order valence-corrected chi connectivity index (χ1v) is 12.7. The predicted molar refractivity (Wildman–Crippen MR) is 140 cm³/mol. The van der Waals surface area contributed by atoms with Gasteiger partial charge >= 0.3 is 0 Å². The molecule has 35 heavy (non-hydrogen) atoms. The highest BCUT2D eigenvalue weighted by atomic mass is 16.5. The van der Waals surface area contributed by atoms with Gasteiger partial charge in [-0.1, -0.05) is 18.6 Å². The summed E-state index contributed by atoms with van der Waals surface area (Å²) in [4.78, 5) is 23.5. The van der Waals surface area contributed by atoms with Crippen LogP contribution in [0, 0.1) is 11.8 Å². The second-order valence-corrected chi connectivity index (χ2v) is 10.2. The lowest BCUT2D eigenvalue weighted by atomic mass is 9.85. The summed E-state index contributed by atoms with van der Waals surface area (Å²) in [5, 5.41) is 6.42. The molecule has 7 nitrogen and oxygen atoms in total. The molecule has 6 rings (SSSR count). The van der Waals surface area contributed by atoms with E-state index < -0.39 is 0 Å².